The van der Waals surface area contributed by atoms with Crippen LogP contribution in [0.15, 0.2) is 18.2 Å². The standard InChI is InChI=1S/C14H18O5/c1-14(2,3)19-11-5-4-9(7-12(15)16)10(6-11)8-13(17)18/h4-6H,7-8H2,1-3H3,(H,15,16)(H,17,18). The van der Waals surface area contributed by atoms with E-state index in [1.165, 1.54) is 0 Å². The van der Waals surface area contributed by atoms with Crippen molar-refractivity contribution in [3.63, 3.8) is 0 Å². The van der Waals surface area contributed by atoms with Crippen molar-refractivity contribution in [3.05, 3.63) is 29.3 Å². The van der Waals surface area contributed by atoms with Crippen LogP contribution in [0.4, 0.5) is 0 Å². The lowest BCUT2D eigenvalue weighted by atomic mass is 10.0. The summed E-state index contributed by atoms with van der Waals surface area (Å²) >= 11 is 0. The minimum Gasteiger partial charge on any atom is -0.488 e. The number of carboxylic acid groups (broad SMARTS) is 2. The van der Waals surface area contributed by atoms with Crippen molar-refractivity contribution in [2.75, 3.05) is 0 Å². The highest BCUT2D eigenvalue weighted by Crippen LogP contribution is 2.23. The van der Waals surface area contributed by atoms with Gasteiger partial charge in [0.1, 0.15) is 11.4 Å². The highest BCUT2D eigenvalue weighted by Gasteiger charge is 2.15. The largest absolute Gasteiger partial charge is 0.488 e. The molecule has 0 saturated carbocycles. The molecule has 1 rings (SSSR count). The Morgan fingerprint density at radius 1 is 1.05 bits per heavy atom. The molecule has 0 amide bonds. The second-order valence-corrected chi connectivity index (χ2v) is 5.29. The molecule has 0 radical (unpaired) electrons. The van der Waals surface area contributed by atoms with E-state index in [9.17, 15) is 9.59 Å². The Hall–Kier alpha value is -2.04. The van der Waals surface area contributed by atoms with Crippen LogP contribution < -0.4 is 4.74 Å². The van der Waals surface area contributed by atoms with Crippen molar-refractivity contribution in [2.24, 2.45) is 0 Å². The molecule has 19 heavy (non-hydrogen) atoms. The minimum absolute atomic E-state index is 0.196. The van der Waals surface area contributed by atoms with Crippen LogP contribution >= 0.6 is 0 Å². The van der Waals surface area contributed by atoms with Crippen LogP contribution in [0, 0.1) is 0 Å². The van der Waals surface area contributed by atoms with E-state index in [4.69, 9.17) is 14.9 Å². The van der Waals surface area contributed by atoms with Crippen LogP contribution in [-0.4, -0.2) is 27.8 Å². The van der Waals surface area contributed by atoms with E-state index in [1.807, 2.05) is 20.8 Å². The summed E-state index contributed by atoms with van der Waals surface area (Å²) in [7, 11) is 0. The Bertz CT molecular complexity index is 485. The second kappa shape index (κ2) is 5.73. The molecular formula is C14H18O5. The molecule has 0 aliphatic carbocycles. The lowest BCUT2D eigenvalue weighted by Crippen LogP contribution is -2.23. The molecule has 0 bridgehead atoms. The fourth-order valence-corrected chi connectivity index (χ4v) is 1.68. The van der Waals surface area contributed by atoms with Crippen LogP contribution in [0.3, 0.4) is 0 Å². The summed E-state index contributed by atoms with van der Waals surface area (Å²) in [5.74, 6) is -1.45. The zero-order valence-corrected chi connectivity index (χ0v) is 11.3. The first-order chi connectivity index (χ1) is 8.67. The first-order valence-electron chi connectivity index (χ1n) is 5.92. The second-order valence-electron chi connectivity index (χ2n) is 5.29. The summed E-state index contributed by atoms with van der Waals surface area (Å²) in [6, 6.07) is 4.86. The molecule has 0 fully saturated rings. The molecule has 0 aliphatic rings. The van der Waals surface area contributed by atoms with E-state index in [-0.39, 0.29) is 12.8 Å². The van der Waals surface area contributed by atoms with E-state index in [1.54, 1.807) is 18.2 Å². The summed E-state index contributed by atoms with van der Waals surface area (Å²) in [4.78, 5) is 21.6. The van der Waals surface area contributed by atoms with Gasteiger partial charge in [-0.05, 0) is 44.0 Å². The number of hydrogen-bond acceptors (Lipinski definition) is 3. The van der Waals surface area contributed by atoms with Crippen molar-refractivity contribution in [2.45, 2.75) is 39.2 Å². The van der Waals surface area contributed by atoms with Crippen molar-refractivity contribution < 1.29 is 24.5 Å². The Balaban J connectivity index is 3.07. The number of ether oxygens (including phenoxy) is 1. The molecule has 0 aliphatic heterocycles. The Labute approximate surface area is 111 Å². The smallest absolute Gasteiger partial charge is 0.307 e. The van der Waals surface area contributed by atoms with Gasteiger partial charge in [-0.1, -0.05) is 6.07 Å². The van der Waals surface area contributed by atoms with Crippen LogP contribution in [0.1, 0.15) is 31.9 Å². The van der Waals surface area contributed by atoms with E-state index in [2.05, 4.69) is 0 Å². The zero-order chi connectivity index (χ0) is 14.6. The van der Waals surface area contributed by atoms with Crippen LogP contribution in [0.25, 0.3) is 0 Å². The van der Waals surface area contributed by atoms with Gasteiger partial charge in [-0.3, -0.25) is 9.59 Å². The molecular weight excluding hydrogens is 248 g/mol. The van der Waals surface area contributed by atoms with Crippen LogP contribution in [-0.2, 0) is 22.4 Å². The van der Waals surface area contributed by atoms with Gasteiger partial charge in [0.15, 0.2) is 0 Å². The van der Waals surface area contributed by atoms with Crippen molar-refractivity contribution >= 4 is 11.9 Å². The van der Waals surface area contributed by atoms with Gasteiger partial charge in [0, 0.05) is 0 Å². The number of aliphatic carboxylic acids is 2. The minimum atomic E-state index is -1.00. The lowest BCUT2D eigenvalue weighted by molar-refractivity contribution is -0.137. The molecule has 5 nitrogen and oxygen atoms in total. The Morgan fingerprint density at radius 3 is 2.05 bits per heavy atom. The maximum Gasteiger partial charge on any atom is 0.307 e. The predicted octanol–water partition coefficient (Wildman–Crippen LogP) is 2.12. The fourth-order valence-electron chi connectivity index (χ4n) is 1.68. The SMILES string of the molecule is CC(C)(C)Oc1ccc(CC(=O)O)c(CC(=O)O)c1. The molecule has 0 heterocycles. The first kappa shape index (κ1) is 15.0. The molecule has 1 aromatic carbocycles. The molecule has 0 saturated heterocycles. The van der Waals surface area contributed by atoms with Gasteiger partial charge in [-0.25, -0.2) is 0 Å². The quantitative estimate of drug-likeness (QED) is 0.852. The molecule has 5 heteroatoms. The molecule has 0 spiro atoms. The van der Waals surface area contributed by atoms with Gasteiger partial charge in [0.2, 0.25) is 0 Å². The van der Waals surface area contributed by atoms with Gasteiger partial charge in [0.25, 0.3) is 0 Å². The van der Waals surface area contributed by atoms with E-state index < -0.39 is 17.5 Å². The van der Waals surface area contributed by atoms with E-state index in [0.29, 0.717) is 16.9 Å². The molecule has 1 aromatic rings. The summed E-state index contributed by atoms with van der Waals surface area (Å²) in [6.07, 6.45) is -0.414. The van der Waals surface area contributed by atoms with Crippen molar-refractivity contribution in [1.82, 2.24) is 0 Å². The molecule has 0 aromatic heterocycles. The number of carboxylic acids is 2. The third kappa shape index (κ3) is 5.42. The van der Waals surface area contributed by atoms with Gasteiger partial charge in [-0.2, -0.15) is 0 Å². The van der Waals surface area contributed by atoms with E-state index in [0.717, 1.165) is 0 Å². The maximum atomic E-state index is 10.8. The number of benzene rings is 1. The van der Waals surface area contributed by atoms with Gasteiger partial charge in [-0.15, -0.1) is 0 Å². The number of rotatable bonds is 5. The Morgan fingerprint density at radius 2 is 1.58 bits per heavy atom. The highest BCUT2D eigenvalue weighted by molar-refractivity contribution is 5.74. The van der Waals surface area contributed by atoms with E-state index >= 15 is 0 Å². The topological polar surface area (TPSA) is 83.8 Å². The monoisotopic (exact) mass is 266 g/mol. The van der Waals surface area contributed by atoms with Crippen LogP contribution in [0.2, 0.25) is 0 Å². The van der Waals surface area contributed by atoms with Gasteiger partial charge < -0.3 is 14.9 Å². The third-order valence-electron chi connectivity index (χ3n) is 2.29. The highest BCUT2D eigenvalue weighted by atomic mass is 16.5. The summed E-state index contributed by atoms with van der Waals surface area (Å²) in [6.45, 7) is 5.65. The zero-order valence-electron chi connectivity index (χ0n) is 11.3. The molecule has 2 N–H and O–H groups in total. The normalized spacial score (nSPS) is 11.1. The summed E-state index contributed by atoms with van der Waals surface area (Å²) in [5.41, 5.74) is 0.572. The maximum absolute atomic E-state index is 10.8. The fraction of sp³-hybridized carbons (Fsp3) is 0.429. The summed E-state index contributed by atoms with van der Waals surface area (Å²) < 4.78 is 5.64. The average molecular weight is 266 g/mol. The lowest BCUT2D eigenvalue weighted by Gasteiger charge is -2.22. The van der Waals surface area contributed by atoms with Crippen molar-refractivity contribution in [3.8, 4) is 5.75 Å². The predicted molar refractivity (Wildman–Crippen MR) is 69.5 cm³/mol. The first-order valence-corrected chi connectivity index (χ1v) is 5.92. The molecule has 104 valence electrons. The third-order valence-corrected chi connectivity index (χ3v) is 2.29. The Kier molecular flexibility index (Phi) is 4.53. The molecule has 0 atom stereocenters. The number of carbonyl (C=O) groups is 2. The van der Waals surface area contributed by atoms with Gasteiger partial charge >= 0.3 is 11.9 Å². The van der Waals surface area contributed by atoms with Gasteiger partial charge in [0.05, 0.1) is 12.8 Å². The summed E-state index contributed by atoms with van der Waals surface area (Å²) in [5, 5.41) is 17.7. The molecule has 0 unspecified atom stereocenters. The van der Waals surface area contributed by atoms with Crippen LogP contribution in [0.5, 0.6) is 5.75 Å². The number of hydrogen-bond donors (Lipinski definition) is 2. The van der Waals surface area contributed by atoms with Crippen molar-refractivity contribution in [1.29, 1.82) is 0 Å². The average Bonchev–Trinajstić information content (AvgIpc) is 2.18.